The summed E-state index contributed by atoms with van der Waals surface area (Å²) in [5.74, 6) is 0.782. The number of hydrogen-bond donors (Lipinski definition) is 1. The molecule has 0 saturated carbocycles. The van der Waals surface area contributed by atoms with E-state index in [1.165, 1.54) is 0 Å². The second-order valence-electron chi connectivity index (χ2n) is 6.99. The van der Waals surface area contributed by atoms with Crippen LogP contribution < -0.4 is 14.8 Å². The molecule has 2 aromatic rings. The second kappa shape index (κ2) is 9.43. The van der Waals surface area contributed by atoms with Gasteiger partial charge in [0.2, 0.25) is 5.91 Å². The molecule has 1 aliphatic heterocycles. The number of rotatable bonds is 9. The summed E-state index contributed by atoms with van der Waals surface area (Å²) in [5, 5.41) is 2.73. The van der Waals surface area contributed by atoms with E-state index in [9.17, 15) is 9.59 Å². The minimum Gasteiger partial charge on any atom is -0.497 e. The standard InChI is InChI=1S/C22H26N2O5/c1-15(22(26)29-14-16-7-5-4-6-8-16)23-21(25)20-13-24(20)12-17-9-18(27-2)11-19(10-17)28-3/h4-11,15,20H,12-14H2,1-3H3,(H,23,25)/t15-,20?,24?/m0/s1. The number of carbonyl (C=O) groups excluding carboxylic acids is 2. The summed E-state index contributed by atoms with van der Waals surface area (Å²) in [6.07, 6.45) is 0. The van der Waals surface area contributed by atoms with Gasteiger partial charge in [0.25, 0.3) is 0 Å². The van der Waals surface area contributed by atoms with E-state index in [2.05, 4.69) is 5.32 Å². The number of benzene rings is 2. The first-order valence-electron chi connectivity index (χ1n) is 9.47. The molecule has 29 heavy (non-hydrogen) atoms. The molecule has 2 unspecified atom stereocenters. The molecule has 2 aromatic carbocycles. The van der Waals surface area contributed by atoms with Gasteiger partial charge in [-0.25, -0.2) is 4.79 Å². The molecule has 7 nitrogen and oxygen atoms in total. The summed E-state index contributed by atoms with van der Waals surface area (Å²) in [6.45, 7) is 3.05. The Hall–Kier alpha value is -3.06. The van der Waals surface area contributed by atoms with E-state index in [1.54, 1.807) is 27.2 Å². The van der Waals surface area contributed by atoms with Crippen molar-refractivity contribution in [2.45, 2.75) is 32.2 Å². The van der Waals surface area contributed by atoms with E-state index in [4.69, 9.17) is 14.2 Å². The van der Waals surface area contributed by atoms with Gasteiger partial charge in [-0.1, -0.05) is 30.3 Å². The van der Waals surface area contributed by atoms with Crippen molar-refractivity contribution in [3.63, 3.8) is 0 Å². The van der Waals surface area contributed by atoms with Crippen LogP contribution in [0, 0.1) is 0 Å². The normalized spacial score (nSPS) is 18.4. The summed E-state index contributed by atoms with van der Waals surface area (Å²) in [7, 11) is 3.20. The maximum absolute atomic E-state index is 12.4. The highest BCUT2D eigenvalue weighted by Crippen LogP contribution is 2.27. The van der Waals surface area contributed by atoms with Crippen molar-refractivity contribution in [1.29, 1.82) is 0 Å². The lowest BCUT2D eigenvalue weighted by atomic mass is 10.2. The molecule has 1 aliphatic rings. The van der Waals surface area contributed by atoms with Gasteiger partial charge in [0, 0.05) is 19.2 Å². The number of hydrogen-bond acceptors (Lipinski definition) is 6. The summed E-state index contributed by atoms with van der Waals surface area (Å²) in [4.78, 5) is 26.6. The zero-order chi connectivity index (χ0) is 20.8. The molecule has 0 spiro atoms. The smallest absolute Gasteiger partial charge is 0.328 e. The Morgan fingerprint density at radius 2 is 1.72 bits per heavy atom. The number of methoxy groups -OCH3 is 2. The molecule has 1 N–H and O–H groups in total. The van der Waals surface area contributed by atoms with Crippen molar-refractivity contribution in [2.75, 3.05) is 20.8 Å². The molecule has 3 rings (SSSR count). The molecule has 0 aliphatic carbocycles. The van der Waals surface area contributed by atoms with Gasteiger partial charge in [-0.05, 0) is 30.2 Å². The first-order chi connectivity index (χ1) is 14.0. The Morgan fingerprint density at radius 1 is 1.07 bits per heavy atom. The van der Waals surface area contributed by atoms with E-state index < -0.39 is 12.0 Å². The predicted octanol–water partition coefficient (Wildman–Crippen LogP) is 2.14. The topological polar surface area (TPSA) is 76.9 Å². The van der Waals surface area contributed by atoms with Crippen LogP contribution in [0.4, 0.5) is 0 Å². The molecule has 7 heteroatoms. The van der Waals surface area contributed by atoms with Gasteiger partial charge >= 0.3 is 5.97 Å². The molecule has 0 radical (unpaired) electrons. The molecule has 1 amide bonds. The molecule has 0 bridgehead atoms. The largest absolute Gasteiger partial charge is 0.497 e. The highest BCUT2D eigenvalue weighted by Gasteiger charge is 2.41. The van der Waals surface area contributed by atoms with Gasteiger partial charge in [0.1, 0.15) is 30.2 Å². The predicted molar refractivity (Wildman–Crippen MR) is 108 cm³/mol. The summed E-state index contributed by atoms with van der Waals surface area (Å²) >= 11 is 0. The summed E-state index contributed by atoms with van der Waals surface area (Å²) < 4.78 is 15.8. The van der Waals surface area contributed by atoms with Gasteiger partial charge < -0.3 is 19.5 Å². The monoisotopic (exact) mass is 398 g/mol. The fourth-order valence-electron chi connectivity index (χ4n) is 3.01. The summed E-state index contributed by atoms with van der Waals surface area (Å²) in [5.41, 5.74) is 1.90. The van der Waals surface area contributed by atoms with Gasteiger partial charge in [-0.3, -0.25) is 9.69 Å². The number of amides is 1. The molecular formula is C22H26N2O5. The third-order valence-electron chi connectivity index (χ3n) is 4.75. The average Bonchev–Trinajstić information content (AvgIpc) is 3.51. The van der Waals surface area contributed by atoms with E-state index in [-0.39, 0.29) is 18.6 Å². The lowest BCUT2D eigenvalue weighted by molar-refractivity contribution is -0.148. The SMILES string of the molecule is COc1cc(CN2CC2C(=O)N[C@@H](C)C(=O)OCc2ccccc2)cc(OC)c1. The second-order valence-corrected chi connectivity index (χ2v) is 6.99. The van der Waals surface area contributed by atoms with Gasteiger partial charge in [-0.2, -0.15) is 0 Å². The minimum absolute atomic E-state index is 0.177. The highest BCUT2D eigenvalue weighted by molar-refractivity contribution is 5.89. The number of esters is 1. The third kappa shape index (κ3) is 5.71. The Labute approximate surface area is 170 Å². The molecule has 3 atom stereocenters. The van der Waals surface area contributed by atoms with Crippen LogP contribution in [0.15, 0.2) is 48.5 Å². The van der Waals surface area contributed by atoms with Crippen LogP contribution in [0.1, 0.15) is 18.1 Å². The Morgan fingerprint density at radius 3 is 2.34 bits per heavy atom. The van der Waals surface area contributed by atoms with Crippen molar-refractivity contribution < 1.29 is 23.8 Å². The maximum atomic E-state index is 12.4. The van der Waals surface area contributed by atoms with E-state index >= 15 is 0 Å². The van der Waals surface area contributed by atoms with Gasteiger partial charge in [-0.15, -0.1) is 0 Å². The lowest BCUT2D eigenvalue weighted by Gasteiger charge is -2.14. The number of carbonyl (C=O) groups is 2. The zero-order valence-corrected chi connectivity index (χ0v) is 16.9. The fourth-order valence-corrected chi connectivity index (χ4v) is 3.01. The van der Waals surface area contributed by atoms with Crippen LogP contribution in [-0.2, 0) is 27.5 Å². The van der Waals surface area contributed by atoms with Gasteiger partial charge in [0.15, 0.2) is 0 Å². The van der Waals surface area contributed by atoms with Crippen LogP contribution in [0.3, 0.4) is 0 Å². The highest BCUT2D eigenvalue weighted by atomic mass is 16.5. The van der Waals surface area contributed by atoms with Crippen molar-refractivity contribution in [3.05, 3.63) is 59.7 Å². The van der Waals surface area contributed by atoms with Crippen molar-refractivity contribution in [1.82, 2.24) is 10.2 Å². The molecule has 0 aromatic heterocycles. The molecule has 1 fully saturated rings. The first kappa shape index (κ1) is 20.7. The average molecular weight is 398 g/mol. The molecule has 154 valence electrons. The molecule has 1 saturated heterocycles. The Bertz CT molecular complexity index is 833. The molecule has 1 heterocycles. The van der Waals surface area contributed by atoms with E-state index in [1.807, 2.05) is 47.4 Å². The summed E-state index contributed by atoms with van der Waals surface area (Å²) in [6, 6.07) is 14.1. The first-order valence-corrected chi connectivity index (χ1v) is 9.47. The van der Waals surface area contributed by atoms with Crippen LogP contribution >= 0.6 is 0 Å². The zero-order valence-electron chi connectivity index (χ0n) is 16.9. The van der Waals surface area contributed by atoms with E-state index in [0.717, 1.165) is 11.1 Å². The van der Waals surface area contributed by atoms with Crippen molar-refractivity contribution in [3.8, 4) is 11.5 Å². The quantitative estimate of drug-likeness (QED) is 0.515. The van der Waals surface area contributed by atoms with Crippen LogP contribution in [-0.4, -0.2) is 49.6 Å². The van der Waals surface area contributed by atoms with Crippen LogP contribution in [0.25, 0.3) is 0 Å². The maximum Gasteiger partial charge on any atom is 0.328 e. The van der Waals surface area contributed by atoms with Crippen LogP contribution in [0.2, 0.25) is 0 Å². The third-order valence-corrected chi connectivity index (χ3v) is 4.75. The number of nitrogens with one attached hydrogen (secondary N) is 1. The van der Waals surface area contributed by atoms with E-state index in [0.29, 0.717) is 24.6 Å². The lowest BCUT2D eigenvalue weighted by Crippen LogP contribution is -2.42. The molecular weight excluding hydrogens is 372 g/mol. The minimum atomic E-state index is -0.703. The Kier molecular flexibility index (Phi) is 6.72. The fraction of sp³-hybridized carbons (Fsp3) is 0.364. The van der Waals surface area contributed by atoms with Crippen molar-refractivity contribution in [2.24, 2.45) is 0 Å². The van der Waals surface area contributed by atoms with Crippen molar-refractivity contribution >= 4 is 11.9 Å². The Balaban J connectivity index is 1.46. The number of nitrogens with zero attached hydrogens (tertiary/aromatic N) is 1. The van der Waals surface area contributed by atoms with Crippen LogP contribution in [0.5, 0.6) is 11.5 Å². The van der Waals surface area contributed by atoms with Gasteiger partial charge in [0.05, 0.1) is 14.2 Å². The number of ether oxygens (including phenoxy) is 3.